The highest BCUT2D eigenvalue weighted by atomic mass is 35.5. The first-order valence-corrected chi connectivity index (χ1v) is 6.08. The number of pyridine rings is 1. The van der Waals surface area contributed by atoms with E-state index >= 15 is 0 Å². The lowest BCUT2D eigenvalue weighted by Gasteiger charge is -2.04. The van der Waals surface area contributed by atoms with Crippen molar-refractivity contribution in [2.45, 2.75) is 0 Å². The molecular weight excluding hydrogens is 304 g/mol. The number of aromatic carboxylic acids is 1. The molecule has 5 nitrogen and oxygen atoms in total. The van der Waals surface area contributed by atoms with Gasteiger partial charge in [-0.25, -0.2) is 13.6 Å². The molecule has 0 unspecified atom stereocenters. The first kappa shape index (κ1) is 13.4. The second-order valence-electron chi connectivity index (χ2n) is 4.22. The van der Waals surface area contributed by atoms with Gasteiger partial charge in [-0.15, -0.1) is 10.2 Å². The normalized spacial score (nSPS) is 11.0. The summed E-state index contributed by atoms with van der Waals surface area (Å²) in [6, 6.07) is 4.20. The van der Waals surface area contributed by atoms with Crippen LogP contribution in [0.15, 0.2) is 30.5 Å². The van der Waals surface area contributed by atoms with Crippen molar-refractivity contribution < 1.29 is 18.7 Å². The van der Waals surface area contributed by atoms with Gasteiger partial charge in [0.1, 0.15) is 11.6 Å². The summed E-state index contributed by atoms with van der Waals surface area (Å²) in [4.78, 5) is 11.0. The van der Waals surface area contributed by atoms with Crippen LogP contribution in [0.1, 0.15) is 10.4 Å². The van der Waals surface area contributed by atoms with Gasteiger partial charge < -0.3 is 5.11 Å². The fraction of sp³-hybridized carbons (Fsp3) is 0. The Kier molecular flexibility index (Phi) is 3.06. The van der Waals surface area contributed by atoms with Crippen molar-refractivity contribution in [3.8, 4) is 11.4 Å². The standard InChI is InChI=1S/C13H6ClF2N3O2/c14-9-3-6(13(20)21)5-19-11(17-18-12(9)19)8-2-1-7(15)4-10(8)16/h1-5H,(H,20,21). The maximum absolute atomic E-state index is 13.8. The second-order valence-corrected chi connectivity index (χ2v) is 4.63. The van der Waals surface area contributed by atoms with Crippen molar-refractivity contribution in [3.63, 3.8) is 0 Å². The molecule has 0 aliphatic heterocycles. The minimum Gasteiger partial charge on any atom is -0.478 e. The van der Waals surface area contributed by atoms with E-state index in [2.05, 4.69) is 10.2 Å². The van der Waals surface area contributed by atoms with E-state index in [1.165, 1.54) is 22.7 Å². The van der Waals surface area contributed by atoms with E-state index in [1.807, 2.05) is 0 Å². The Bertz CT molecular complexity index is 879. The number of aromatic nitrogens is 3. The third-order valence-electron chi connectivity index (χ3n) is 2.88. The molecule has 0 bridgehead atoms. The van der Waals surface area contributed by atoms with Gasteiger partial charge in [0, 0.05) is 12.3 Å². The van der Waals surface area contributed by atoms with Crippen LogP contribution < -0.4 is 0 Å². The predicted octanol–water partition coefficient (Wildman–Crippen LogP) is 3.03. The maximum atomic E-state index is 13.8. The smallest absolute Gasteiger partial charge is 0.337 e. The van der Waals surface area contributed by atoms with E-state index in [0.717, 1.165) is 6.07 Å². The Morgan fingerprint density at radius 3 is 2.67 bits per heavy atom. The van der Waals surface area contributed by atoms with Crippen molar-refractivity contribution in [1.82, 2.24) is 14.6 Å². The van der Waals surface area contributed by atoms with Crippen LogP contribution in [0, 0.1) is 11.6 Å². The number of benzene rings is 1. The second kappa shape index (κ2) is 4.78. The quantitative estimate of drug-likeness (QED) is 0.790. The molecule has 2 aromatic heterocycles. The Balaban J connectivity index is 2.30. The summed E-state index contributed by atoms with van der Waals surface area (Å²) in [7, 11) is 0. The average molecular weight is 310 g/mol. The summed E-state index contributed by atoms with van der Waals surface area (Å²) < 4.78 is 28.0. The Labute approximate surface area is 121 Å². The zero-order valence-electron chi connectivity index (χ0n) is 10.2. The first-order chi connectivity index (χ1) is 9.97. The number of hydrogen-bond donors (Lipinski definition) is 1. The highest BCUT2D eigenvalue weighted by Gasteiger charge is 2.17. The highest BCUT2D eigenvalue weighted by molar-refractivity contribution is 6.33. The van der Waals surface area contributed by atoms with Crippen LogP contribution in [0.3, 0.4) is 0 Å². The average Bonchev–Trinajstić information content (AvgIpc) is 2.83. The summed E-state index contributed by atoms with van der Waals surface area (Å²) in [6.45, 7) is 0. The Hall–Kier alpha value is -2.54. The van der Waals surface area contributed by atoms with Crippen LogP contribution in [0.25, 0.3) is 17.0 Å². The zero-order chi connectivity index (χ0) is 15.1. The van der Waals surface area contributed by atoms with Crippen LogP contribution in [0.2, 0.25) is 5.02 Å². The Morgan fingerprint density at radius 1 is 1.24 bits per heavy atom. The minimum absolute atomic E-state index is 0.0116. The van der Waals surface area contributed by atoms with E-state index in [0.29, 0.717) is 6.07 Å². The van der Waals surface area contributed by atoms with Crippen molar-refractivity contribution in [2.75, 3.05) is 0 Å². The topological polar surface area (TPSA) is 67.5 Å². The highest BCUT2D eigenvalue weighted by Crippen LogP contribution is 2.26. The van der Waals surface area contributed by atoms with Crippen LogP contribution in [0.5, 0.6) is 0 Å². The van der Waals surface area contributed by atoms with Crippen LogP contribution in [0.4, 0.5) is 8.78 Å². The summed E-state index contributed by atoms with van der Waals surface area (Å²) in [5, 5.41) is 16.7. The molecule has 0 radical (unpaired) electrons. The molecular formula is C13H6ClF2N3O2. The third-order valence-corrected chi connectivity index (χ3v) is 3.16. The van der Waals surface area contributed by atoms with E-state index in [1.54, 1.807) is 0 Å². The monoisotopic (exact) mass is 309 g/mol. The molecule has 0 fully saturated rings. The zero-order valence-corrected chi connectivity index (χ0v) is 11.0. The molecule has 21 heavy (non-hydrogen) atoms. The molecule has 106 valence electrons. The lowest BCUT2D eigenvalue weighted by molar-refractivity contribution is 0.0696. The van der Waals surface area contributed by atoms with Crippen molar-refractivity contribution in [1.29, 1.82) is 0 Å². The van der Waals surface area contributed by atoms with Gasteiger partial charge in [-0.2, -0.15) is 0 Å². The van der Waals surface area contributed by atoms with Crippen LogP contribution in [-0.4, -0.2) is 25.7 Å². The summed E-state index contributed by atoms with van der Waals surface area (Å²) in [5.74, 6) is -2.72. The molecule has 1 aromatic carbocycles. The third kappa shape index (κ3) is 2.21. The maximum Gasteiger partial charge on any atom is 0.337 e. The van der Waals surface area contributed by atoms with Crippen molar-refractivity contribution in [2.24, 2.45) is 0 Å². The van der Waals surface area contributed by atoms with E-state index in [4.69, 9.17) is 16.7 Å². The molecule has 1 N–H and O–H groups in total. The van der Waals surface area contributed by atoms with Gasteiger partial charge in [-0.1, -0.05) is 11.6 Å². The van der Waals surface area contributed by atoms with Gasteiger partial charge in [0.25, 0.3) is 0 Å². The van der Waals surface area contributed by atoms with Crippen LogP contribution >= 0.6 is 11.6 Å². The molecule has 0 aliphatic rings. The Morgan fingerprint density at radius 2 is 2.00 bits per heavy atom. The first-order valence-electron chi connectivity index (χ1n) is 5.70. The number of fused-ring (bicyclic) bond motifs is 1. The fourth-order valence-electron chi connectivity index (χ4n) is 1.93. The van der Waals surface area contributed by atoms with E-state index < -0.39 is 17.6 Å². The predicted molar refractivity (Wildman–Crippen MR) is 70.3 cm³/mol. The van der Waals surface area contributed by atoms with Gasteiger partial charge in [0.15, 0.2) is 11.5 Å². The summed E-state index contributed by atoms with van der Waals surface area (Å²) in [6.07, 6.45) is 1.22. The van der Waals surface area contributed by atoms with E-state index in [-0.39, 0.29) is 27.6 Å². The fourth-order valence-corrected chi connectivity index (χ4v) is 2.17. The largest absolute Gasteiger partial charge is 0.478 e. The molecule has 3 aromatic rings. The van der Waals surface area contributed by atoms with Crippen LogP contribution in [-0.2, 0) is 0 Å². The summed E-state index contributed by atoms with van der Waals surface area (Å²) >= 11 is 5.93. The summed E-state index contributed by atoms with van der Waals surface area (Å²) in [5.41, 5.74) is 0.0685. The molecule has 0 atom stereocenters. The molecule has 0 saturated heterocycles. The number of rotatable bonds is 2. The minimum atomic E-state index is -1.20. The number of hydrogen-bond acceptors (Lipinski definition) is 3. The van der Waals surface area contributed by atoms with Gasteiger partial charge in [0.2, 0.25) is 0 Å². The molecule has 0 aliphatic carbocycles. The van der Waals surface area contributed by atoms with E-state index in [9.17, 15) is 13.6 Å². The number of carbonyl (C=O) groups is 1. The van der Waals surface area contributed by atoms with Gasteiger partial charge >= 0.3 is 5.97 Å². The molecule has 0 saturated carbocycles. The lowest BCUT2D eigenvalue weighted by Crippen LogP contribution is -2.01. The number of halogens is 3. The number of nitrogens with zero attached hydrogens (tertiary/aromatic N) is 3. The van der Waals surface area contributed by atoms with Gasteiger partial charge in [-0.3, -0.25) is 4.40 Å². The molecule has 8 heteroatoms. The van der Waals surface area contributed by atoms with Gasteiger partial charge in [-0.05, 0) is 18.2 Å². The lowest BCUT2D eigenvalue weighted by atomic mass is 10.2. The molecule has 0 spiro atoms. The number of carboxylic acid groups (broad SMARTS) is 1. The molecule has 0 amide bonds. The molecule has 3 rings (SSSR count). The molecule has 2 heterocycles. The van der Waals surface area contributed by atoms with Gasteiger partial charge in [0.05, 0.1) is 16.1 Å². The SMILES string of the molecule is O=C(O)c1cc(Cl)c2nnc(-c3ccc(F)cc3F)n2c1. The number of carboxylic acids is 1. The van der Waals surface area contributed by atoms with Crippen molar-refractivity contribution >= 4 is 23.2 Å². The van der Waals surface area contributed by atoms with Crippen molar-refractivity contribution in [3.05, 3.63) is 52.7 Å².